The summed E-state index contributed by atoms with van der Waals surface area (Å²) in [6.07, 6.45) is -5.32. The highest BCUT2D eigenvalue weighted by Crippen LogP contribution is 2.32. The van der Waals surface area contributed by atoms with E-state index in [1.165, 1.54) is 0 Å². The van der Waals surface area contributed by atoms with Crippen LogP contribution < -0.4 is 11.2 Å². The molecule has 1 aliphatic heterocycles. The summed E-state index contributed by atoms with van der Waals surface area (Å²) in [5.41, 5.74) is -1.59. The molecule has 0 aromatic carbocycles. The van der Waals surface area contributed by atoms with E-state index in [1.807, 2.05) is 4.98 Å². The second-order valence-corrected chi connectivity index (χ2v) is 4.82. The molecule has 0 aliphatic carbocycles. The molecule has 2 heterocycles. The molecule has 0 bridgehead atoms. The predicted molar refractivity (Wildman–Crippen MR) is 73.3 cm³/mol. The third-order valence-corrected chi connectivity index (χ3v) is 3.32. The number of esters is 1. The first kappa shape index (κ1) is 17.1. The molecule has 1 aliphatic rings. The third-order valence-electron chi connectivity index (χ3n) is 3.32. The van der Waals surface area contributed by atoms with Crippen LogP contribution in [0.3, 0.4) is 0 Å². The highest BCUT2D eigenvalue weighted by atomic mass is 19.1. The van der Waals surface area contributed by atoms with Crippen LogP contribution in [0.1, 0.15) is 6.23 Å². The van der Waals surface area contributed by atoms with Gasteiger partial charge in [-0.05, 0) is 6.08 Å². The molecule has 0 spiro atoms. The van der Waals surface area contributed by atoms with Crippen molar-refractivity contribution < 1.29 is 28.9 Å². The van der Waals surface area contributed by atoms with Gasteiger partial charge in [-0.3, -0.25) is 14.3 Å². The summed E-state index contributed by atoms with van der Waals surface area (Å²) < 4.78 is 24.4. The molecule has 0 amide bonds. The fourth-order valence-electron chi connectivity index (χ4n) is 2.15. The molecule has 1 saturated heterocycles. The van der Waals surface area contributed by atoms with Crippen molar-refractivity contribution in [1.29, 1.82) is 0 Å². The van der Waals surface area contributed by atoms with Crippen molar-refractivity contribution in [3.8, 4) is 0 Å². The Morgan fingerprint density at radius 1 is 1.57 bits per heavy atom. The maximum Gasteiger partial charge on any atom is 0.330 e. The van der Waals surface area contributed by atoms with Crippen LogP contribution in [0.5, 0.6) is 0 Å². The lowest BCUT2D eigenvalue weighted by atomic mass is 10.1. The largest absolute Gasteiger partial charge is 0.466 e. The molecule has 23 heavy (non-hydrogen) atoms. The summed E-state index contributed by atoms with van der Waals surface area (Å²) in [6.45, 7) is 0. The molecule has 126 valence electrons. The van der Waals surface area contributed by atoms with Crippen molar-refractivity contribution >= 4 is 5.97 Å². The van der Waals surface area contributed by atoms with Gasteiger partial charge in [-0.25, -0.2) is 14.0 Å². The fraction of sp³-hybridized carbons (Fsp3) is 0.462. The number of nitrogens with zero attached hydrogens (tertiary/aromatic N) is 1. The number of H-pyrrole nitrogens is 1. The zero-order chi connectivity index (χ0) is 17.1. The third kappa shape index (κ3) is 3.55. The molecule has 10 heteroatoms. The van der Waals surface area contributed by atoms with E-state index in [2.05, 4.69) is 4.74 Å². The van der Waals surface area contributed by atoms with Crippen molar-refractivity contribution in [3.05, 3.63) is 45.3 Å². The van der Waals surface area contributed by atoms with Crippen molar-refractivity contribution in [1.82, 2.24) is 9.55 Å². The summed E-state index contributed by atoms with van der Waals surface area (Å²) in [6, 6.07) is 0.991. The predicted octanol–water partition coefficient (Wildman–Crippen LogP) is -1.78. The standard InChI is InChI=1S/C13H15FN2O7/c1-22-8(19)3-2-6(17)11-10(20)9(14)12(23-11)16-5-4-7(18)15-13(16)21/h2-6,9-12,17,20H,1H3,(H,15,18,21)/b3-2+/t6?,9-,10+,11-,12-/m0/s1. The maximum absolute atomic E-state index is 14.2. The number of aliphatic hydroxyl groups excluding tert-OH is 2. The van der Waals surface area contributed by atoms with E-state index in [0.717, 1.165) is 36.1 Å². The molecular weight excluding hydrogens is 315 g/mol. The number of hydrogen-bond donors (Lipinski definition) is 3. The quantitative estimate of drug-likeness (QED) is 0.439. The van der Waals surface area contributed by atoms with Gasteiger partial charge in [0, 0.05) is 18.3 Å². The van der Waals surface area contributed by atoms with Gasteiger partial charge in [0.05, 0.1) is 7.11 Å². The molecule has 1 fully saturated rings. The molecule has 5 atom stereocenters. The number of hydrogen-bond acceptors (Lipinski definition) is 7. The molecule has 1 unspecified atom stereocenters. The van der Waals surface area contributed by atoms with Crippen molar-refractivity contribution in [3.63, 3.8) is 0 Å². The number of carbonyl (C=O) groups is 1. The molecule has 1 aromatic rings. The number of halogens is 1. The van der Waals surface area contributed by atoms with Crippen LogP contribution in [0.15, 0.2) is 34.0 Å². The summed E-state index contributed by atoms with van der Waals surface area (Å²) >= 11 is 0. The van der Waals surface area contributed by atoms with E-state index in [9.17, 15) is 29.0 Å². The Kier molecular flexibility index (Phi) is 5.08. The topological polar surface area (TPSA) is 131 Å². The second kappa shape index (κ2) is 6.86. The minimum absolute atomic E-state index is 0.669. The van der Waals surface area contributed by atoms with Gasteiger partial charge in [0.1, 0.15) is 18.3 Å². The first-order chi connectivity index (χ1) is 10.8. The van der Waals surface area contributed by atoms with Gasteiger partial charge in [0.2, 0.25) is 0 Å². The van der Waals surface area contributed by atoms with Crippen molar-refractivity contribution in [2.24, 2.45) is 0 Å². The Morgan fingerprint density at radius 2 is 2.26 bits per heavy atom. The lowest BCUT2D eigenvalue weighted by Crippen LogP contribution is -2.37. The number of rotatable bonds is 4. The Hall–Kier alpha value is -2.30. The van der Waals surface area contributed by atoms with Crippen LogP contribution in [-0.4, -0.2) is 57.3 Å². The van der Waals surface area contributed by atoms with E-state index in [4.69, 9.17) is 4.74 Å². The van der Waals surface area contributed by atoms with Gasteiger partial charge < -0.3 is 19.7 Å². The first-order valence-corrected chi connectivity index (χ1v) is 6.58. The average molecular weight is 330 g/mol. The Balaban J connectivity index is 2.21. The Morgan fingerprint density at radius 3 is 2.87 bits per heavy atom. The Labute approximate surface area is 128 Å². The number of aliphatic hydroxyl groups is 2. The van der Waals surface area contributed by atoms with E-state index in [0.29, 0.717) is 0 Å². The summed E-state index contributed by atoms with van der Waals surface area (Å²) in [5.74, 6) is -0.748. The zero-order valence-electron chi connectivity index (χ0n) is 12.0. The first-order valence-electron chi connectivity index (χ1n) is 6.58. The number of nitrogens with one attached hydrogen (secondary N) is 1. The minimum atomic E-state index is -2.02. The SMILES string of the molecule is COC(=O)/C=C/C(O)[C@@H]1O[C@H](n2ccc(=O)[nH]c2=O)[C@@H](F)[C@H]1O. The number of aromatic nitrogens is 2. The van der Waals surface area contributed by atoms with Crippen molar-refractivity contribution in [2.75, 3.05) is 7.11 Å². The average Bonchev–Trinajstić information content (AvgIpc) is 2.81. The van der Waals surface area contributed by atoms with Crippen LogP contribution in [0.4, 0.5) is 4.39 Å². The monoisotopic (exact) mass is 330 g/mol. The number of ether oxygens (including phenoxy) is 2. The summed E-state index contributed by atoms with van der Waals surface area (Å²) in [4.78, 5) is 35.6. The van der Waals surface area contributed by atoms with Crippen LogP contribution in [-0.2, 0) is 14.3 Å². The van der Waals surface area contributed by atoms with Gasteiger partial charge in [0.15, 0.2) is 12.4 Å². The lowest BCUT2D eigenvalue weighted by Gasteiger charge is -2.18. The zero-order valence-corrected chi connectivity index (χ0v) is 12.0. The molecule has 9 nitrogen and oxygen atoms in total. The molecule has 0 radical (unpaired) electrons. The van der Waals surface area contributed by atoms with Crippen molar-refractivity contribution in [2.45, 2.75) is 30.7 Å². The molecular formula is C13H15FN2O7. The van der Waals surface area contributed by atoms with Gasteiger partial charge in [0.25, 0.3) is 5.56 Å². The van der Waals surface area contributed by atoms with Gasteiger partial charge in [-0.2, -0.15) is 0 Å². The minimum Gasteiger partial charge on any atom is -0.466 e. The van der Waals surface area contributed by atoms with E-state index in [-0.39, 0.29) is 0 Å². The van der Waals surface area contributed by atoms with E-state index >= 15 is 0 Å². The number of aromatic amines is 1. The number of alkyl halides is 1. The number of carbonyl (C=O) groups excluding carboxylic acids is 1. The fourth-order valence-corrected chi connectivity index (χ4v) is 2.15. The highest BCUT2D eigenvalue weighted by molar-refractivity contribution is 5.81. The lowest BCUT2D eigenvalue weighted by molar-refractivity contribution is -0.135. The normalized spacial score (nSPS) is 28.9. The summed E-state index contributed by atoms with van der Waals surface area (Å²) in [5, 5.41) is 19.7. The smallest absolute Gasteiger partial charge is 0.330 e. The molecule has 0 saturated carbocycles. The van der Waals surface area contributed by atoms with Crippen LogP contribution in [0.2, 0.25) is 0 Å². The molecule has 3 N–H and O–H groups in total. The molecule has 1 aromatic heterocycles. The van der Waals surface area contributed by atoms with Crippen LogP contribution >= 0.6 is 0 Å². The van der Waals surface area contributed by atoms with Gasteiger partial charge in [-0.15, -0.1) is 0 Å². The maximum atomic E-state index is 14.2. The van der Waals surface area contributed by atoms with E-state index in [1.54, 1.807) is 0 Å². The van der Waals surface area contributed by atoms with Gasteiger partial charge in [-0.1, -0.05) is 0 Å². The molecule has 2 rings (SSSR count). The summed E-state index contributed by atoms with van der Waals surface area (Å²) in [7, 11) is 1.14. The Bertz CT molecular complexity index is 713. The van der Waals surface area contributed by atoms with E-state index < -0.39 is 47.9 Å². The van der Waals surface area contributed by atoms with Crippen LogP contribution in [0.25, 0.3) is 0 Å². The van der Waals surface area contributed by atoms with Gasteiger partial charge >= 0.3 is 11.7 Å². The highest BCUT2D eigenvalue weighted by Gasteiger charge is 2.47. The van der Waals surface area contributed by atoms with Crippen LogP contribution in [0, 0.1) is 0 Å². The number of methoxy groups -OCH3 is 1. The second-order valence-electron chi connectivity index (χ2n) is 4.82.